The van der Waals surface area contributed by atoms with Gasteiger partial charge in [0.25, 0.3) is 0 Å². The van der Waals surface area contributed by atoms with E-state index in [0.717, 1.165) is 17.5 Å². The molecule has 186 valence electrons. The van der Waals surface area contributed by atoms with Crippen molar-refractivity contribution in [3.63, 3.8) is 0 Å². The monoisotopic (exact) mass is 488 g/mol. The van der Waals surface area contributed by atoms with Crippen LogP contribution in [-0.4, -0.2) is 42.0 Å². The van der Waals surface area contributed by atoms with Crippen LogP contribution < -0.4 is 14.8 Å². The minimum atomic E-state index is -0.628. The highest BCUT2D eigenvalue weighted by Crippen LogP contribution is 2.29. The van der Waals surface area contributed by atoms with Crippen molar-refractivity contribution in [1.29, 1.82) is 0 Å². The molecule has 0 heterocycles. The highest BCUT2D eigenvalue weighted by Gasteiger charge is 2.27. The first kappa shape index (κ1) is 27.5. The van der Waals surface area contributed by atoms with E-state index in [4.69, 9.17) is 21.1 Å². The van der Waals surface area contributed by atoms with Gasteiger partial charge < -0.3 is 19.7 Å². The maximum atomic E-state index is 13.4. The molecule has 2 amide bonds. The number of ether oxygens (including phenoxy) is 2. The van der Waals surface area contributed by atoms with Crippen LogP contribution in [0, 0.1) is 0 Å². The summed E-state index contributed by atoms with van der Waals surface area (Å²) in [6.07, 6.45) is 1.59. The van der Waals surface area contributed by atoms with E-state index in [9.17, 15) is 9.59 Å². The Bertz CT molecular complexity index is 950. The minimum Gasteiger partial charge on any atom is -0.490 e. The largest absolute Gasteiger partial charge is 0.490 e. The van der Waals surface area contributed by atoms with Crippen molar-refractivity contribution >= 4 is 23.4 Å². The van der Waals surface area contributed by atoms with Crippen molar-refractivity contribution < 1.29 is 19.1 Å². The molecule has 0 saturated heterocycles. The number of nitrogens with zero attached hydrogens (tertiary/aromatic N) is 1. The molecule has 2 aromatic rings. The fourth-order valence-electron chi connectivity index (χ4n) is 3.50. The zero-order chi connectivity index (χ0) is 25.1. The van der Waals surface area contributed by atoms with Crippen LogP contribution >= 0.6 is 11.6 Å². The lowest BCUT2D eigenvalue weighted by atomic mass is 10.1. The molecule has 0 bridgehead atoms. The van der Waals surface area contributed by atoms with E-state index in [0.29, 0.717) is 36.2 Å². The third-order valence-electron chi connectivity index (χ3n) is 5.70. The summed E-state index contributed by atoms with van der Waals surface area (Å²) < 4.78 is 11.3. The van der Waals surface area contributed by atoms with Gasteiger partial charge in [-0.3, -0.25) is 9.59 Å². The van der Waals surface area contributed by atoms with Crippen LogP contribution in [0.15, 0.2) is 42.5 Å². The van der Waals surface area contributed by atoms with E-state index in [1.807, 2.05) is 64.1 Å². The Morgan fingerprint density at radius 3 is 2.32 bits per heavy atom. The van der Waals surface area contributed by atoms with Crippen LogP contribution in [0.1, 0.15) is 58.6 Å². The minimum absolute atomic E-state index is 0.0352. The molecule has 2 rings (SSSR count). The molecule has 0 aliphatic carbocycles. The summed E-state index contributed by atoms with van der Waals surface area (Å²) in [5.41, 5.74) is 1.77. The highest BCUT2D eigenvalue weighted by molar-refractivity contribution is 6.31. The standard InChI is InChI=1S/C27H37ClN2O4/c1-6-19(4)29-27(32)20(5)30(18-22-11-9-10-12-23(22)28)26(31)16-14-21-13-15-24(33-7-2)25(17-21)34-8-3/h9-13,15,17,19-20H,6-8,14,16,18H2,1-5H3,(H,29,32). The van der Waals surface area contributed by atoms with Gasteiger partial charge in [-0.15, -0.1) is 0 Å². The van der Waals surface area contributed by atoms with Crippen molar-refractivity contribution in [3.8, 4) is 11.5 Å². The average Bonchev–Trinajstić information content (AvgIpc) is 2.83. The van der Waals surface area contributed by atoms with E-state index in [1.165, 1.54) is 0 Å². The van der Waals surface area contributed by atoms with Crippen molar-refractivity contribution in [1.82, 2.24) is 10.2 Å². The molecule has 2 unspecified atom stereocenters. The number of benzene rings is 2. The van der Waals surface area contributed by atoms with Crippen LogP contribution in [-0.2, 0) is 22.6 Å². The second-order valence-corrected chi connectivity index (χ2v) is 8.66. The number of amides is 2. The molecule has 0 aliphatic heterocycles. The topological polar surface area (TPSA) is 67.9 Å². The van der Waals surface area contributed by atoms with Crippen molar-refractivity contribution in [2.45, 2.75) is 72.5 Å². The summed E-state index contributed by atoms with van der Waals surface area (Å²) in [4.78, 5) is 27.8. The molecule has 0 aromatic heterocycles. The second kappa shape index (κ2) is 13.9. The second-order valence-electron chi connectivity index (χ2n) is 8.25. The first-order valence-electron chi connectivity index (χ1n) is 12.0. The predicted octanol–water partition coefficient (Wildman–Crippen LogP) is 5.40. The zero-order valence-electron chi connectivity index (χ0n) is 20.9. The third-order valence-corrected chi connectivity index (χ3v) is 6.07. The van der Waals surface area contributed by atoms with Gasteiger partial charge in [0.2, 0.25) is 11.8 Å². The van der Waals surface area contributed by atoms with E-state index in [-0.39, 0.29) is 30.8 Å². The number of hydrogen-bond donors (Lipinski definition) is 1. The van der Waals surface area contributed by atoms with E-state index < -0.39 is 6.04 Å². The first-order chi connectivity index (χ1) is 16.3. The van der Waals surface area contributed by atoms with Gasteiger partial charge in [-0.05, 0) is 69.9 Å². The molecule has 0 spiro atoms. The Morgan fingerprint density at radius 1 is 1.00 bits per heavy atom. The molecule has 2 aromatic carbocycles. The van der Waals surface area contributed by atoms with Crippen LogP contribution in [0.2, 0.25) is 5.02 Å². The Kier molecular flexibility index (Phi) is 11.2. The molecule has 0 fully saturated rings. The number of hydrogen-bond acceptors (Lipinski definition) is 4. The number of carbonyl (C=O) groups is 2. The lowest BCUT2D eigenvalue weighted by molar-refractivity contribution is -0.140. The van der Waals surface area contributed by atoms with Gasteiger partial charge in [-0.2, -0.15) is 0 Å². The van der Waals surface area contributed by atoms with Crippen molar-refractivity contribution in [2.24, 2.45) is 0 Å². The number of carbonyl (C=O) groups excluding carboxylic acids is 2. The van der Waals surface area contributed by atoms with E-state index in [2.05, 4.69) is 5.32 Å². The molecular weight excluding hydrogens is 452 g/mol. The molecule has 1 N–H and O–H groups in total. The van der Waals surface area contributed by atoms with Crippen molar-refractivity contribution in [3.05, 3.63) is 58.6 Å². The van der Waals surface area contributed by atoms with Gasteiger partial charge in [0.1, 0.15) is 6.04 Å². The quantitative estimate of drug-likeness (QED) is 0.409. The number of halogens is 1. The summed E-state index contributed by atoms with van der Waals surface area (Å²) in [6.45, 7) is 10.9. The average molecular weight is 489 g/mol. The number of rotatable bonds is 13. The lowest BCUT2D eigenvalue weighted by Crippen LogP contribution is -2.49. The van der Waals surface area contributed by atoms with Crippen LogP contribution in [0.5, 0.6) is 11.5 Å². The van der Waals surface area contributed by atoms with E-state index >= 15 is 0 Å². The first-order valence-corrected chi connectivity index (χ1v) is 12.4. The Balaban J connectivity index is 2.19. The molecule has 2 atom stereocenters. The molecular formula is C27H37ClN2O4. The van der Waals surface area contributed by atoms with Crippen LogP contribution in [0.25, 0.3) is 0 Å². The summed E-state index contributed by atoms with van der Waals surface area (Å²) >= 11 is 6.36. The fraction of sp³-hybridized carbons (Fsp3) is 0.481. The maximum Gasteiger partial charge on any atom is 0.242 e. The van der Waals surface area contributed by atoms with Crippen LogP contribution in [0.4, 0.5) is 0 Å². The molecule has 6 nitrogen and oxygen atoms in total. The third kappa shape index (κ3) is 7.94. The normalized spacial score (nSPS) is 12.5. The Morgan fingerprint density at radius 2 is 1.68 bits per heavy atom. The SMILES string of the molecule is CCOc1ccc(CCC(=O)N(Cc2ccccc2Cl)C(C)C(=O)NC(C)CC)cc1OCC. The predicted molar refractivity (Wildman–Crippen MR) is 136 cm³/mol. The fourth-order valence-corrected chi connectivity index (χ4v) is 3.70. The van der Waals surface area contributed by atoms with Crippen LogP contribution in [0.3, 0.4) is 0 Å². The smallest absolute Gasteiger partial charge is 0.242 e. The van der Waals surface area contributed by atoms with E-state index in [1.54, 1.807) is 17.9 Å². The van der Waals surface area contributed by atoms with Gasteiger partial charge in [-0.25, -0.2) is 0 Å². The van der Waals surface area contributed by atoms with Gasteiger partial charge in [0.05, 0.1) is 13.2 Å². The lowest BCUT2D eigenvalue weighted by Gasteiger charge is -2.30. The Labute approximate surface area is 208 Å². The molecule has 0 radical (unpaired) electrons. The summed E-state index contributed by atoms with van der Waals surface area (Å²) in [5, 5.41) is 3.55. The van der Waals surface area contributed by atoms with Gasteiger partial charge in [0.15, 0.2) is 11.5 Å². The summed E-state index contributed by atoms with van der Waals surface area (Å²) in [5.74, 6) is 1.08. The summed E-state index contributed by atoms with van der Waals surface area (Å²) in [7, 11) is 0. The highest BCUT2D eigenvalue weighted by atomic mass is 35.5. The molecule has 7 heteroatoms. The van der Waals surface area contributed by atoms with Gasteiger partial charge >= 0.3 is 0 Å². The molecule has 0 saturated carbocycles. The molecule has 0 aliphatic rings. The number of aryl methyl sites for hydroxylation is 1. The summed E-state index contributed by atoms with van der Waals surface area (Å²) in [6, 6.07) is 12.5. The van der Waals surface area contributed by atoms with Gasteiger partial charge in [-0.1, -0.05) is 42.8 Å². The van der Waals surface area contributed by atoms with Crippen molar-refractivity contribution in [2.75, 3.05) is 13.2 Å². The zero-order valence-corrected chi connectivity index (χ0v) is 21.7. The molecule has 34 heavy (non-hydrogen) atoms. The Hall–Kier alpha value is -2.73. The maximum absolute atomic E-state index is 13.4. The number of nitrogens with one attached hydrogen (secondary N) is 1. The van der Waals surface area contributed by atoms with Gasteiger partial charge in [0, 0.05) is 24.0 Å².